The molecule has 0 aliphatic carbocycles. The summed E-state index contributed by atoms with van der Waals surface area (Å²) < 4.78 is 0. The molecule has 0 bridgehead atoms. The molecule has 3 nitrogen and oxygen atoms in total. The van der Waals surface area contributed by atoms with Gasteiger partial charge in [-0.05, 0) is 19.4 Å². The van der Waals surface area contributed by atoms with E-state index in [1.54, 1.807) is 0 Å². The third kappa shape index (κ3) is 2.32. The molecular formula is C5H10BrNO2. The van der Waals surface area contributed by atoms with Crippen LogP contribution in [0.5, 0.6) is 0 Å². The summed E-state index contributed by atoms with van der Waals surface area (Å²) in [6, 6.07) is -0.269. The van der Waals surface area contributed by atoms with E-state index in [-0.39, 0.29) is 23.0 Å². The molecule has 54 valence electrons. The zero-order chi connectivity index (χ0) is 5.98. The maximum Gasteiger partial charge on any atom is 0.320 e. The molecule has 1 aliphatic heterocycles. The molecule has 0 spiro atoms. The van der Waals surface area contributed by atoms with Crippen molar-refractivity contribution in [2.75, 3.05) is 6.54 Å². The molecule has 4 heteroatoms. The first-order valence-corrected chi connectivity index (χ1v) is 2.77. The summed E-state index contributed by atoms with van der Waals surface area (Å²) in [5.74, 6) is -0.720. The number of rotatable bonds is 1. The first-order valence-electron chi connectivity index (χ1n) is 2.77. The Morgan fingerprint density at radius 1 is 1.67 bits per heavy atom. The molecule has 0 radical (unpaired) electrons. The minimum absolute atomic E-state index is 0. The predicted octanol–water partition coefficient (Wildman–Crippen LogP) is 0.401. The van der Waals surface area contributed by atoms with Crippen LogP contribution in [0, 0.1) is 0 Å². The van der Waals surface area contributed by atoms with Crippen LogP contribution in [-0.2, 0) is 4.79 Å². The molecule has 0 amide bonds. The molecule has 2 N–H and O–H groups in total. The lowest BCUT2D eigenvalue weighted by atomic mass is 10.2. The Kier molecular flexibility index (Phi) is 3.81. The lowest BCUT2D eigenvalue weighted by molar-refractivity contribution is -0.139. The fraction of sp³-hybridized carbons (Fsp3) is 0.800. The third-order valence-corrected chi connectivity index (χ3v) is 1.36. The largest absolute Gasteiger partial charge is 0.480 e. The quantitative estimate of drug-likeness (QED) is 0.638. The number of hydrogen-bond donors (Lipinski definition) is 2. The molecule has 1 heterocycles. The van der Waals surface area contributed by atoms with Crippen LogP contribution in [-0.4, -0.2) is 23.7 Å². The van der Waals surface area contributed by atoms with Gasteiger partial charge in [-0.15, -0.1) is 17.0 Å². The van der Waals surface area contributed by atoms with Crippen LogP contribution < -0.4 is 5.32 Å². The summed E-state index contributed by atoms with van der Waals surface area (Å²) >= 11 is 0. The Bertz CT molecular complexity index is 101. The van der Waals surface area contributed by atoms with Gasteiger partial charge in [-0.2, -0.15) is 0 Å². The lowest BCUT2D eigenvalue weighted by Crippen LogP contribution is -2.29. The highest BCUT2D eigenvalue weighted by Gasteiger charge is 2.20. The summed E-state index contributed by atoms with van der Waals surface area (Å²) in [6.07, 6.45) is 1.78. The van der Waals surface area contributed by atoms with E-state index in [4.69, 9.17) is 5.11 Å². The van der Waals surface area contributed by atoms with Gasteiger partial charge >= 0.3 is 5.97 Å². The van der Waals surface area contributed by atoms with Crippen molar-refractivity contribution in [1.29, 1.82) is 0 Å². The molecule has 0 saturated carbocycles. The topological polar surface area (TPSA) is 49.3 Å². The number of carboxylic acids is 1. The molecule has 1 fully saturated rings. The molecule has 1 saturated heterocycles. The van der Waals surface area contributed by atoms with Crippen LogP contribution in [0.2, 0.25) is 0 Å². The molecule has 1 atom stereocenters. The van der Waals surface area contributed by atoms with Crippen LogP contribution in [0.1, 0.15) is 12.8 Å². The molecule has 0 aromatic heterocycles. The Balaban J connectivity index is 0.000000640. The first-order chi connectivity index (χ1) is 3.80. The number of nitrogens with one attached hydrogen (secondary N) is 1. The van der Waals surface area contributed by atoms with Gasteiger partial charge in [0.1, 0.15) is 6.04 Å². The van der Waals surface area contributed by atoms with Crippen molar-refractivity contribution in [2.45, 2.75) is 18.9 Å². The maximum absolute atomic E-state index is 10.1. The molecule has 0 unspecified atom stereocenters. The van der Waals surface area contributed by atoms with E-state index in [0.717, 1.165) is 19.4 Å². The number of hydrogen-bond acceptors (Lipinski definition) is 2. The second-order valence-corrected chi connectivity index (χ2v) is 1.99. The van der Waals surface area contributed by atoms with Gasteiger partial charge in [-0.25, -0.2) is 0 Å². The zero-order valence-electron chi connectivity index (χ0n) is 4.96. The van der Waals surface area contributed by atoms with Gasteiger partial charge in [0, 0.05) is 0 Å². The average molecular weight is 196 g/mol. The van der Waals surface area contributed by atoms with Crippen molar-refractivity contribution < 1.29 is 9.90 Å². The summed E-state index contributed by atoms with van der Waals surface area (Å²) in [6.45, 7) is 0.858. The van der Waals surface area contributed by atoms with Crippen molar-refractivity contribution in [3.8, 4) is 0 Å². The average Bonchev–Trinajstić information content (AvgIpc) is 2.12. The fourth-order valence-corrected chi connectivity index (χ4v) is 0.895. The van der Waals surface area contributed by atoms with E-state index in [9.17, 15) is 4.79 Å². The first kappa shape index (κ1) is 8.91. The van der Waals surface area contributed by atoms with Crippen LogP contribution in [0.15, 0.2) is 0 Å². The molecule has 9 heavy (non-hydrogen) atoms. The molecule has 1 rings (SSSR count). The highest BCUT2D eigenvalue weighted by atomic mass is 79.9. The van der Waals surface area contributed by atoms with E-state index in [1.165, 1.54) is 0 Å². The Morgan fingerprint density at radius 3 is 2.56 bits per heavy atom. The van der Waals surface area contributed by atoms with Crippen molar-refractivity contribution in [3.05, 3.63) is 0 Å². The summed E-state index contributed by atoms with van der Waals surface area (Å²) in [4.78, 5) is 10.1. The Labute approximate surface area is 64.2 Å². The van der Waals surface area contributed by atoms with Crippen LogP contribution in [0.25, 0.3) is 0 Å². The summed E-state index contributed by atoms with van der Waals surface area (Å²) in [7, 11) is 0. The van der Waals surface area contributed by atoms with Crippen molar-refractivity contribution in [2.24, 2.45) is 0 Å². The number of aliphatic carboxylic acids is 1. The van der Waals surface area contributed by atoms with Crippen LogP contribution >= 0.6 is 17.0 Å². The van der Waals surface area contributed by atoms with Crippen LogP contribution in [0.3, 0.4) is 0 Å². The molecular weight excluding hydrogens is 186 g/mol. The van der Waals surface area contributed by atoms with Crippen molar-refractivity contribution in [3.63, 3.8) is 0 Å². The summed E-state index contributed by atoms with van der Waals surface area (Å²) in [5.41, 5.74) is 0. The number of halogens is 1. The van der Waals surface area contributed by atoms with Gasteiger partial charge in [0.25, 0.3) is 0 Å². The van der Waals surface area contributed by atoms with Gasteiger partial charge in [0.05, 0.1) is 0 Å². The minimum Gasteiger partial charge on any atom is -0.480 e. The zero-order valence-corrected chi connectivity index (χ0v) is 6.68. The van der Waals surface area contributed by atoms with E-state index >= 15 is 0 Å². The van der Waals surface area contributed by atoms with Gasteiger partial charge in [0.2, 0.25) is 0 Å². The standard InChI is InChI=1S/C5H9NO2.BrH/c7-5(8)4-2-1-3-6-4;/h4,6H,1-3H2,(H,7,8);1H/t4-;/m0./s1. The highest BCUT2D eigenvalue weighted by molar-refractivity contribution is 8.93. The van der Waals surface area contributed by atoms with Crippen molar-refractivity contribution >= 4 is 23.0 Å². The summed E-state index contributed by atoms with van der Waals surface area (Å²) in [5, 5.41) is 11.2. The predicted molar refractivity (Wildman–Crippen MR) is 39.0 cm³/mol. The highest BCUT2D eigenvalue weighted by Crippen LogP contribution is 2.03. The number of carboxylic acid groups (broad SMARTS) is 1. The third-order valence-electron chi connectivity index (χ3n) is 1.36. The van der Waals surface area contributed by atoms with E-state index in [2.05, 4.69) is 5.32 Å². The second kappa shape index (κ2) is 3.85. The second-order valence-electron chi connectivity index (χ2n) is 1.99. The number of carbonyl (C=O) groups is 1. The molecule has 1 aliphatic rings. The SMILES string of the molecule is Br.O=C(O)[C@@H]1CCCN1. The molecule has 0 aromatic carbocycles. The van der Waals surface area contributed by atoms with Crippen LogP contribution in [0.4, 0.5) is 0 Å². The van der Waals surface area contributed by atoms with Gasteiger partial charge in [-0.3, -0.25) is 4.79 Å². The Hall–Kier alpha value is -0.0900. The maximum atomic E-state index is 10.1. The monoisotopic (exact) mass is 195 g/mol. The lowest BCUT2D eigenvalue weighted by Gasteiger charge is -1.99. The van der Waals surface area contributed by atoms with Gasteiger partial charge in [0.15, 0.2) is 0 Å². The van der Waals surface area contributed by atoms with E-state index in [0.29, 0.717) is 0 Å². The van der Waals surface area contributed by atoms with E-state index < -0.39 is 5.97 Å². The van der Waals surface area contributed by atoms with Crippen molar-refractivity contribution in [1.82, 2.24) is 5.32 Å². The minimum atomic E-state index is -0.720. The van der Waals surface area contributed by atoms with Gasteiger partial charge in [-0.1, -0.05) is 0 Å². The fourth-order valence-electron chi connectivity index (χ4n) is 0.895. The molecule has 0 aromatic rings. The van der Waals surface area contributed by atoms with Gasteiger partial charge < -0.3 is 10.4 Å². The smallest absolute Gasteiger partial charge is 0.320 e. The normalized spacial score (nSPS) is 25.1. The van der Waals surface area contributed by atoms with E-state index in [1.807, 2.05) is 0 Å². The Morgan fingerprint density at radius 2 is 2.33 bits per heavy atom.